The Morgan fingerprint density at radius 3 is 2.54 bits per heavy atom. The van der Waals surface area contributed by atoms with Crippen LogP contribution < -0.4 is 5.32 Å². The van der Waals surface area contributed by atoms with E-state index < -0.39 is 8.32 Å². The highest BCUT2D eigenvalue weighted by Crippen LogP contribution is 2.38. The zero-order chi connectivity index (χ0) is 20.8. The minimum Gasteiger partial charge on any atom is -0.408 e. The van der Waals surface area contributed by atoms with E-state index in [0.717, 1.165) is 12.1 Å². The van der Waals surface area contributed by atoms with Crippen molar-refractivity contribution in [1.82, 2.24) is 10.2 Å². The summed E-state index contributed by atoms with van der Waals surface area (Å²) in [5, 5.41) is 3.26. The van der Waals surface area contributed by atoms with Gasteiger partial charge in [-0.2, -0.15) is 0 Å². The molecule has 5 heteroatoms. The quantitative estimate of drug-likeness (QED) is 0.517. The average molecular weight is 401 g/mol. The molecule has 1 aliphatic heterocycles. The monoisotopic (exact) mass is 400 g/mol. The fourth-order valence-electron chi connectivity index (χ4n) is 3.11. The van der Waals surface area contributed by atoms with Gasteiger partial charge in [-0.3, -0.25) is 4.79 Å². The lowest BCUT2D eigenvalue weighted by Crippen LogP contribution is -2.57. The minimum absolute atomic E-state index is 0.0406. The van der Waals surface area contributed by atoms with Gasteiger partial charge in [0, 0.05) is 13.1 Å². The Balaban J connectivity index is 2.36. The van der Waals surface area contributed by atoms with E-state index in [1.54, 1.807) is 0 Å². The van der Waals surface area contributed by atoms with Gasteiger partial charge in [-0.25, -0.2) is 0 Å². The van der Waals surface area contributed by atoms with Gasteiger partial charge in [-0.05, 0) is 30.1 Å². The molecular weight excluding hydrogens is 364 g/mol. The predicted molar refractivity (Wildman–Crippen MR) is 121 cm³/mol. The van der Waals surface area contributed by atoms with E-state index in [1.807, 2.05) is 29.2 Å². The van der Waals surface area contributed by atoms with Gasteiger partial charge >= 0.3 is 0 Å². The highest BCUT2D eigenvalue weighted by atomic mass is 28.4. The van der Waals surface area contributed by atoms with Crippen LogP contribution in [0.1, 0.15) is 32.8 Å². The number of hydrogen-bond donors (Lipinski definition) is 1. The fraction of sp³-hybridized carbons (Fsp3) is 0.522. The standard InChI is InChI=1S/C23H36N2O2Si/c1-7-11-20(25-17-16-24-18-22(25)26)21(27-28(5,6)23(2,3)4)15-14-19-12-9-8-10-13-19/h7-10,12-15,20-21,24H,1,11,16-18H2,2-6H3/t20-,21-/m1/s1. The molecule has 1 fully saturated rings. The van der Waals surface area contributed by atoms with Crippen molar-refractivity contribution in [3.63, 3.8) is 0 Å². The van der Waals surface area contributed by atoms with Crippen LogP contribution in [-0.4, -0.2) is 50.9 Å². The molecule has 0 radical (unpaired) electrons. The summed E-state index contributed by atoms with van der Waals surface area (Å²) >= 11 is 0. The molecule has 0 saturated carbocycles. The molecule has 1 saturated heterocycles. The normalized spacial score (nSPS) is 18.3. The van der Waals surface area contributed by atoms with E-state index in [4.69, 9.17) is 4.43 Å². The van der Waals surface area contributed by atoms with Crippen LogP contribution in [0.5, 0.6) is 0 Å². The van der Waals surface area contributed by atoms with Gasteiger partial charge in [0.15, 0.2) is 8.32 Å². The van der Waals surface area contributed by atoms with Crippen molar-refractivity contribution >= 4 is 20.3 Å². The molecule has 0 aromatic heterocycles. The summed E-state index contributed by atoms with van der Waals surface area (Å²) in [5.74, 6) is 0.134. The molecule has 154 valence electrons. The topological polar surface area (TPSA) is 41.6 Å². The second-order valence-corrected chi connectivity index (χ2v) is 13.7. The predicted octanol–water partition coefficient (Wildman–Crippen LogP) is 4.47. The minimum atomic E-state index is -2.02. The van der Waals surface area contributed by atoms with Crippen LogP contribution in [-0.2, 0) is 9.22 Å². The van der Waals surface area contributed by atoms with Gasteiger partial charge in [0.2, 0.25) is 5.91 Å². The summed E-state index contributed by atoms with van der Waals surface area (Å²) in [7, 11) is -2.02. The average Bonchev–Trinajstić information content (AvgIpc) is 2.64. The first-order chi connectivity index (χ1) is 13.2. The van der Waals surface area contributed by atoms with E-state index in [2.05, 4.69) is 70.0 Å². The highest BCUT2D eigenvalue weighted by Gasteiger charge is 2.41. The summed E-state index contributed by atoms with van der Waals surface area (Å²) < 4.78 is 6.83. The fourth-order valence-corrected chi connectivity index (χ4v) is 4.38. The van der Waals surface area contributed by atoms with Crippen molar-refractivity contribution in [2.45, 2.75) is 57.5 Å². The number of carbonyl (C=O) groups excluding carboxylic acids is 1. The number of rotatable bonds is 8. The third kappa shape index (κ3) is 5.90. The molecule has 0 spiro atoms. The van der Waals surface area contributed by atoms with E-state index in [1.165, 1.54) is 0 Å². The summed E-state index contributed by atoms with van der Waals surface area (Å²) in [5.41, 5.74) is 1.13. The van der Waals surface area contributed by atoms with Gasteiger partial charge in [-0.15, -0.1) is 6.58 Å². The number of piperazine rings is 1. The molecule has 1 aromatic carbocycles. The van der Waals surface area contributed by atoms with Gasteiger partial charge in [-0.1, -0.05) is 69.3 Å². The smallest absolute Gasteiger partial charge is 0.236 e. The van der Waals surface area contributed by atoms with Crippen LogP contribution in [0, 0.1) is 0 Å². The Bertz CT molecular complexity index is 680. The molecule has 1 heterocycles. The summed E-state index contributed by atoms with van der Waals surface area (Å²) in [4.78, 5) is 14.6. The van der Waals surface area contributed by atoms with Gasteiger partial charge < -0.3 is 14.6 Å². The summed E-state index contributed by atoms with van der Waals surface area (Å²) in [6.07, 6.45) is 6.70. The van der Waals surface area contributed by atoms with Crippen LogP contribution in [0.4, 0.5) is 0 Å². The molecule has 0 aliphatic carbocycles. The summed E-state index contributed by atoms with van der Waals surface area (Å²) in [6.45, 7) is 17.1. The van der Waals surface area contributed by atoms with E-state index in [9.17, 15) is 4.79 Å². The van der Waals surface area contributed by atoms with Crippen LogP contribution in [0.3, 0.4) is 0 Å². The maximum Gasteiger partial charge on any atom is 0.236 e. The Kier molecular flexibility index (Phi) is 7.81. The lowest BCUT2D eigenvalue weighted by atomic mass is 10.0. The molecule has 2 atom stereocenters. The number of nitrogens with zero attached hydrogens (tertiary/aromatic N) is 1. The third-order valence-electron chi connectivity index (χ3n) is 5.83. The Morgan fingerprint density at radius 1 is 1.29 bits per heavy atom. The van der Waals surface area contributed by atoms with Crippen LogP contribution in [0.25, 0.3) is 6.08 Å². The number of hydrogen-bond acceptors (Lipinski definition) is 3. The number of nitrogens with one attached hydrogen (secondary N) is 1. The second kappa shape index (κ2) is 9.68. The van der Waals surface area contributed by atoms with E-state index in [0.29, 0.717) is 19.5 Å². The number of benzene rings is 1. The second-order valence-electron chi connectivity index (χ2n) is 8.97. The molecule has 1 N–H and O–H groups in total. The molecule has 0 unspecified atom stereocenters. The molecule has 28 heavy (non-hydrogen) atoms. The highest BCUT2D eigenvalue weighted by molar-refractivity contribution is 6.74. The van der Waals surface area contributed by atoms with Crippen molar-refractivity contribution < 1.29 is 9.22 Å². The zero-order valence-electron chi connectivity index (χ0n) is 18.1. The first kappa shape index (κ1) is 22.6. The third-order valence-corrected chi connectivity index (χ3v) is 10.3. The largest absolute Gasteiger partial charge is 0.408 e. The first-order valence-corrected chi connectivity index (χ1v) is 13.1. The Morgan fingerprint density at radius 2 is 1.96 bits per heavy atom. The van der Waals surface area contributed by atoms with Crippen LogP contribution in [0.15, 0.2) is 49.1 Å². The lowest BCUT2D eigenvalue weighted by molar-refractivity contribution is -0.136. The van der Waals surface area contributed by atoms with Crippen LogP contribution in [0.2, 0.25) is 18.1 Å². The van der Waals surface area contributed by atoms with Crippen molar-refractivity contribution in [1.29, 1.82) is 0 Å². The van der Waals surface area contributed by atoms with E-state index in [-0.39, 0.29) is 23.1 Å². The Hall–Kier alpha value is -1.69. The molecule has 1 aliphatic rings. The van der Waals surface area contributed by atoms with E-state index >= 15 is 0 Å². The summed E-state index contributed by atoms with van der Waals surface area (Å²) in [6, 6.07) is 10.2. The number of carbonyl (C=O) groups is 1. The van der Waals surface area contributed by atoms with Gasteiger partial charge in [0.1, 0.15) is 0 Å². The molecule has 1 aromatic rings. The van der Waals surface area contributed by atoms with Crippen molar-refractivity contribution in [2.75, 3.05) is 19.6 Å². The van der Waals surface area contributed by atoms with Crippen molar-refractivity contribution in [2.24, 2.45) is 0 Å². The molecule has 2 rings (SSSR count). The van der Waals surface area contributed by atoms with Gasteiger partial charge in [0.05, 0.1) is 18.7 Å². The Labute approximate surface area is 171 Å². The lowest BCUT2D eigenvalue weighted by Gasteiger charge is -2.44. The van der Waals surface area contributed by atoms with Crippen molar-refractivity contribution in [3.8, 4) is 0 Å². The maximum absolute atomic E-state index is 12.6. The van der Waals surface area contributed by atoms with Crippen LogP contribution >= 0.6 is 0 Å². The molecule has 1 amide bonds. The molecular formula is C23H36N2O2Si. The number of amides is 1. The first-order valence-electron chi connectivity index (χ1n) is 10.2. The molecule has 0 bridgehead atoms. The maximum atomic E-state index is 12.6. The van der Waals surface area contributed by atoms with Gasteiger partial charge in [0.25, 0.3) is 0 Å². The van der Waals surface area contributed by atoms with Crippen molar-refractivity contribution in [3.05, 3.63) is 54.6 Å². The zero-order valence-corrected chi connectivity index (χ0v) is 19.1. The SMILES string of the molecule is C=CC[C@H]([C@@H](C=Cc1ccccc1)O[Si](C)(C)C(C)(C)C)N1CCNCC1=O. The molecule has 4 nitrogen and oxygen atoms in total.